The summed E-state index contributed by atoms with van der Waals surface area (Å²) >= 11 is 15.9. The fourth-order valence-electron chi connectivity index (χ4n) is 1.23. The molecule has 0 spiro atoms. The van der Waals surface area contributed by atoms with Gasteiger partial charge in [0.05, 0.1) is 5.71 Å². The number of carbonyl (C=O) groups is 1. The quantitative estimate of drug-likeness (QED) is 0.551. The third-order valence-corrected chi connectivity index (χ3v) is 4.73. The Morgan fingerprint density at radius 1 is 1.12 bits per heavy atom. The highest BCUT2D eigenvalue weighted by Crippen LogP contribution is 2.34. The van der Waals surface area contributed by atoms with E-state index in [0.717, 1.165) is 0 Å². The number of hydrogen-bond donors (Lipinski definition) is 0. The zero-order valence-corrected chi connectivity index (χ0v) is 12.0. The van der Waals surface area contributed by atoms with Crippen LogP contribution < -0.4 is 0 Å². The summed E-state index contributed by atoms with van der Waals surface area (Å²) in [5.41, 5.74) is 0.941. The van der Waals surface area contributed by atoms with Crippen molar-refractivity contribution in [1.29, 1.82) is 0 Å². The maximum atomic E-state index is 11.6. The van der Waals surface area contributed by atoms with Crippen LogP contribution in [0.5, 0.6) is 0 Å². The van der Waals surface area contributed by atoms with E-state index >= 15 is 0 Å². The molecule has 17 heavy (non-hydrogen) atoms. The molecule has 1 aliphatic rings. The smallest absolute Gasteiger partial charge is 0.290 e. The first-order chi connectivity index (χ1) is 7.54. The van der Waals surface area contributed by atoms with E-state index in [2.05, 4.69) is 4.40 Å². The highest BCUT2D eigenvalue weighted by Gasteiger charge is 2.38. The monoisotopic (exact) mass is 315 g/mol. The number of hydrogen-bond acceptors (Lipinski definition) is 3. The first-order valence-corrected chi connectivity index (χ1v) is 6.94. The Hall–Kier alpha value is -0.360. The summed E-state index contributed by atoms with van der Waals surface area (Å²) in [6.07, 6.45) is 2.53. The van der Waals surface area contributed by atoms with E-state index < -0.39 is 13.1 Å². The van der Waals surface area contributed by atoms with Crippen LogP contribution in [0, 0.1) is 0 Å². The van der Waals surface area contributed by atoms with Crippen LogP contribution in [0.2, 0.25) is 0 Å². The van der Waals surface area contributed by atoms with Crippen molar-refractivity contribution in [3.8, 4) is 0 Å². The van der Waals surface area contributed by atoms with Crippen molar-refractivity contribution in [2.24, 2.45) is 4.40 Å². The largest absolute Gasteiger partial charge is 0.313 e. The number of sulfonamides is 1. The fourth-order valence-corrected chi connectivity index (χ4v) is 2.17. The van der Waals surface area contributed by atoms with Gasteiger partial charge in [-0.25, -0.2) is 8.42 Å². The van der Waals surface area contributed by atoms with Crippen molar-refractivity contribution in [2.75, 3.05) is 0 Å². The normalized spacial score (nSPS) is 17.7. The van der Waals surface area contributed by atoms with Gasteiger partial charge in [0.2, 0.25) is 0 Å². The highest BCUT2D eigenvalue weighted by molar-refractivity contribution is 7.96. The van der Waals surface area contributed by atoms with Gasteiger partial charge in [0.15, 0.2) is 5.78 Å². The van der Waals surface area contributed by atoms with Gasteiger partial charge in [-0.3, -0.25) is 4.79 Å². The Morgan fingerprint density at radius 3 is 1.88 bits per heavy atom. The van der Waals surface area contributed by atoms with Crippen molar-refractivity contribution in [3.05, 3.63) is 23.3 Å². The molecule has 94 valence electrons. The van der Waals surface area contributed by atoms with Crippen molar-refractivity contribution in [3.63, 3.8) is 0 Å². The number of allylic oxidation sites excluding steroid dienone is 4. The van der Waals surface area contributed by atoms with Gasteiger partial charge in [0.25, 0.3) is 0 Å². The van der Waals surface area contributed by atoms with Gasteiger partial charge < -0.3 is 0 Å². The van der Waals surface area contributed by atoms with Gasteiger partial charge >= 0.3 is 13.1 Å². The summed E-state index contributed by atoms with van der Waals surface area (Å²) in [5, 5.41) is 0. The van der Waals surface area contributed by atoms with Crippen LogP contribution in [0.25, 0.3) is 0 Å². The molecule has 0 bridgehead atoms. The van der Waals surface area contributed by atoms with Crippen LogP contribution >= 0.6 is 34.8 Å². The van der Waals surface area contributed by atoms with Gasteiger partial charge in [-0.1, -0.05) is 34.8 Å². The van der Waals surface area contributed by atoms with E-state index in [9.17, 15) is 13.2 Å². The first kappa shape index (κ1) is 14.7. The van der Waals surface area contributed by atoms with E-state index in [1.165, 1.54) is 12.2 Å². The van der Waals surface area contributed by atoms with Crippen molar-refractivity contribution in [1.82, 2.24) is 0 Å². The average molecular weight is 317 g/mol. The molecule has 0 fully saturated rings. The molecule has 1 aliphatic carbocycles. The molecule has 0 aromatic carbocycles. The van der Waals surface area contributed by atoms with Gasteiger partial charge in [-0.2, -0.15) is 4.40 Å². The lowest BCUT2D eigenvalue weighted by atomic mass is 9.98. The fraction of sp³-hybridized carbons (Fsp3) is 0.333. The molecule has 0 unspecified atom stereocenters. The number of halogens is 3. The van der Waals surface area contributed by atoms with Crippen LogP contribution in [0.3, 0.4) is 0 Å². The lowest BCUT2D eigenvalue weighted by Crippen LogP contribution is -2.21. The molecule has 0 aliphatic heterocycles. The van der Waals surface area contributed by atoms with Crippen LogP contribution in [0.15, 0.2) is 27.7 Å². The molecule has 0 radical (unpaired) electrons. The Balaban J connectivity index is 3.32. The molecular weight excluding hydrogens is 309 g/mol. The summed E-state index contributed by atoms with van der Waals surface area (Å²) in [4.78, 5) is 11.2. The van der Waals surface area contributed by atoms with E-state index in [1.54, 1.807) is 13.8 Å². The SMILES string of the molecule is CC1=CC(=O)C=C(C)C1=NS(=O)(=O)C(Cl)(Cl)Cl. The molecule has 8 heteroatoms. The molecular formula is C9H8Cl3NO3S. The van der Waals surface area contributed by atoms with E-state index in [-0.39, 0.29) is 11.5 Å². The van der Waals surface area contributed by atoms with Gasteiger partial charge in [-0.15, -0.1) is 0 Å². The molecule has 0 aromatic heterocycles. The lowest BCUT2D eigenvalue weighted by Gasteiger charge is -2.14. The number of nitrogens with zero attached hydrogens (tertiary/aromatic N) is 1. The number of alkyl halides is 3. The zero-order valence-electron chi connectivity index (χ0n) is 8.87. The van der Waals surface area contributed by atoms with Crippen LogP contribution in [-0.4, -0.2) is 23.0 Å². The van der Waals surface area contributed by atoms with Crippen LogP contribution in [0.1, 0.15) is 13.8 Å². The Labute approximate surface area is 114 Å². The van der Waals surface area contributed by atoms with E-state index in [1.807, 2.05) is 0 Å². The second-order valence-electron chi connectivity index (χ2n) is 3.42. The Kier molecular flexibility index (Phi) is 4.08. The molecule has 0 saturated carbocycles. The third kappa shape index (κ3) is 3.31. The predicted octanol–water partition coefficient (Wildman–Crippen LogP) is 2.56. The molecule has 1 rings (SSSR count). The zero-order chi connectivity index (χ0) is 13.4. The second kappa shape index (κ2) is 4.72. The first-order valence-electron chi connectivity index (χ1n) is 4.37. The average Bonchev–Trinajstić information content (AvgIpc) is 2.09. The molecule has 0 heterocycles. The summed E-state index contributed by atoms with van der Waals surface area (Å²) in [6, 6.07) is 0. The summed E-state index contributed by atoms with van der Waals surface area (Å²) < 4.78 is 24.1. The second-order valence-corrected chi connectivity index (χ2v) is 8.12. The van der Waals surface area contributed by atoms with E-state index in [4.69, 9.17) is 34.8 Å². The topological polar surface area (TPSA) is 63.6 Å². The maximum absolute atomic E-state index is 11.6. The van der Waals surface area contributed by atoms with Crippen LogP contribution in [-0.2, 0) is 14.8 Å². The third-order valence-electron chi connectivity index (χ3n) is 1.97. The highest BCUT2D eigenvalue weighted by atomic mass is 35.6. The molecule has 0 N–H and O–H groups in total. The molecule has 0 aromatic rings. The number of ketones is 1. The standard InChI is InChI=1S/C9H8Cl3NO3S/c1-5-3-7(14)4-6(2)8(5)13-17(15,16)9(10,11)12/h3-4H,1-2H3. The Bertz CT molecular complexity index is 529. The van der Waals surface area contributed by atoms with Crippen molar-refractivity contribution < 1.29 is 13.2 Å². The summed E-state index contributed by atoms with van der Waals surface area (Å²) in [6.45, 7) is 3.11. The lowest BCUT2D eigenvalue weighted by molar-refractivity contribution is -0.110. The Morgan fingerprint density at radius 2 is 1.53 bits per heavy atom. The van der Waals surface area contributed by atoms with Crippen molar-refractivity contribution >= 4 is 56.3 Å². The predicted molar refractivity (Wildman–Crippen MR) is 69.2 cm³/mol. The summed E-state index contributed by atoms with van der Waals surface area (Å²) in [5.74, 6) is -0.231. The molecule has 0 saturated heterocycles. The molecule has 4 nitrogen and oxygen atoms in total. The number of carbonyl (C=O) groups excluding carboxylic acids is 1. The van der Waals surface area contributed by atoms with Crippen LogP contribution in [0.4, 0.5) is 0 Å². The minimum atomic E-state index is -4.29. The van der Waals surface area contributed by atoms with Gasteiger partial charge in [0.1, 0.15) is 0 Å². The molecule has 0 atom stereocenters. The minimum Gasteiger partial charge on any atom is -0.290 e. The maximum Gasteiger partial charge on any atom is 0.313 e. The minimum absolute atomic E-state index is 0.121. The van der Waals surface area contributed by atoms with Crippen molar-refractivity contribution in [2.45, 2.75) is 17.0 Å². The molecule has 0 amide bonds. The van der Waals surface area contributed by atoms with Gasteiger partial charge in [-0.05, 0) is 37.1 Å². The van der Waals surface area contributed by atoms with Gasteiger partial charge in [0, 0.05) is 0 Å². The van der Waals surface area contributed by atoms with E-state index in [0.29, 0.717) is 11.1 Å². The number of rotatable bonds is 1. The summed E-state index contributed by atoms with van der Waals surface area (Å²) in [7, 11) is -4.29.